The number of amides is 1. The smallest absolute Gasteiger partial charge is 0.227 e. The Bertz CT molecular complexity index is 401. The lowest BCUT2D eigenvalue weighted by Crippen LogP contribution is -2.26. The van der Waals surface area contributed by atoms with Crippen molar-refractivity contribution in [3.05, 3.63) is 29.6 Å². The minimum Gasteiger partial charge on any atom is -0.309 e. The van der Waals surface area contributed by atoms with Crippen LogP contribution in [0.15, 0.2) is 18.2 Å². The summed E-state index contributed by atoms with van der Waals surface area (Å²) in [7, 11) is 0. The fourth-order valence-electron chi connectivity index (χ4n) is 2.07. The maximum Gasteiger partial charge on any atom is 0.227 e. The summed E-state index contributed by atoms with van der Waals surface area (Å²) in [5.41, 5.74) is 1.25. The summed E-state index contributed by atoms with van der Waals surface area (Å²) >= 11 is 3.37. The van der Waals surface area contributed by atoms with E-state index in [1.807, 2.05) is 13.0 Å². The number of carbonyl (C=O) groups excluding carboxylic acids is 1. The minimum atomic E-state index is -0.316. The van der Waals surface area contributed by atoms with Crippen LogP contribution in [0.3, 0.4) is 0 Å². The third kappa shape index (κ3) is 1.98. The van der Waals surface area contributed by atoms with Gasteiger partial charge in [0.25, 0.3) is 0 Å². The molecule has 2 rings (SSSR count). The molecular weight excluding hydrogens is 273 g/mol. The van der Waals surface area contributed by atoms with E-state index in [9.17, 15) is 9.18 Å². The van der Waals surface area contributed by atoms with Gasteiger partial charge in [-0.05, 0) is 24.5 Å². The molecule has 0 saturated carbocycles. The highest BCUT2D eigenvalue weighted by atomic mass is 79.9. The van der Waals surface area contributed by atoms with E-state index >= 15 is 0 Å². The average molecular weight is 286 g/mol. The standard InChI is InChI=1S/C12H13BrFNO/c1-8-3-2-4-10(14)12(8)15-7-9(6-13)5-11(15)16/h2-4,9H,5-7H2,1H3. The van der Waals surface area contributed by atoms with Crippen LogP contribution in [0, 0.1) is 18.7 Å². The topological polar surface area (TPSA) is 20.3 Å². The van der Waals surface area contributed by atoms with Crippen molar-refractivity contribution < 1.29 is 9.18 Å². The largest absolute Gasteiger partial charge is 0.309 e. The lowest BCUT2D eigenvalue weighted by atomic mass is 10.1. The van der Waals surface area contributed by atoms with E-state index in [1.165, 1.54) is 6.07 Å². The predicted molar refractivity (Wildman–Crippen MR) is 65.4 cm³/mol. The SMILES string of the molecule is Cc1cccc(F)c1N1CC(CBr)CC1=O. The van der Waals surface area contributed by atoms with Crippen LogP contribution in [-0.2, 0) is 4.79 Å². The highest BCUT2D eigenvalue weighted by Crippen LogP contribution is 2.30. The van der Waals surface area contributed by atoms with Gasteiger partial charge in [0.15, 0.2) is 0 Å². The van der Waals surface area contributed by atoms with E-state index in [0.717, 1.165) is 10.9 Å². The first-order chi connectivity index (χ1) is 7.63. The molecule has 1 amide bonds. The number of hydrogen-bond donors (Lipinski definition) is 0. The van der Waals surface area contributed by atoms with Gasteiger partial charge in [0.1, 0.15) is 5.82 Å². The molecule has 16 heavy (non-hydrogen) atoms. The molecule has 0 N–H and O–H groups in total. The number of anilines is 1. The normalized spacial score (nSPS) is 20.6. The Kier molecular flexibility index (Phi) is 3.28. The quantitative estimate of drug-likeness (QED) is 0.765. The van der Waals surface area contributed by atoms with Gasteiger partial charge < -0.3 is 4.90 Å². The molecule has 0 bridgehead atoms. The molecule has 1 aliphatic rings. The Morgan fingerprint density at radius 2 is 2.31 bits per heavy atom. The van der Waals surface area contributed by atoms with E-state index in [-0.39, 0.29) is 17.6 Å². The average Bonchev–Trinajstić information content (AvgIpc) is 2.60. The summed E-state index contributed by atoms with van der Waals surface area (Å²) in [6.45, 7) is 2.43. The van der Waals surface area contributed by atoms with Gasteiger partial charge >= 0.3 is 0 Å². The Morgan fingerprint density at radius 3 is 2.88 bits per heavy atom. The van der Waals surface area contributed by atoms with Gasteiger partial charge in [-0.1, -0.05) is 28.1 Å². The molecule has 1 aliphatic heterocycles. The third-order valence-corrected chi connectivity index (χ3v) is 3.80. The van der Waals surface area contributed by atoms with Crippen LogP contribution in [0.5, 0.6) is 0 Å². The molecule has 1 atom stereocenters. The van der Waals surface area contributed by atoms with E-state index in [4.69, 9.17) is 0 Å². The number of para-hydroxylation sites is 1. The highest BCUT2D eigenvalue weighted by Gasteiger charge is 2.31. The van der Waals surface area contributed by atoms with Crippen molar-refractivity contribution >= 4 is 27.5 Å². The summed E-state index contributed by atoms with van der Waals surface area (Å²) in [5, 5.41) is 0.780. The summed E-state index contributed by atoms with van der Waals surface area (Å²) in [4.78, 5) is 13.4. The van der Waals surface area contributed by atoms with E-state index < -0.39 is 0 Å². The van der Waals surface area contributed by atoms with Gasteiger partial charge in [-0.15, -0.1) is 0 Å². The highest BCUT2D eigenvalue weighted by molar-refractivity contribution is 9.09. The van der Waals surface area contributed by atoms with Crippen molar-refractivity contribution in [2.75, 3.05) is 16.8 Å². The molecule has 1 unspecified atom stereocenters. The van der Waals surface area contributed by atoms with Crippen LogP contribution in [0.4, 0.5) is 10.1 Å². The molecule has 4 heteroatoms. The van der Waals surface area contributed by atoms with Gasteiger partial charge in [0.05, 0.1) is 5.69 Å². The Hall–Kier alpha value is -0.900. The lowest BCUT2D eigenvalue weighted by Gasteiger charge is -2.19. The number of rotatable bonds is 2. The zero-order chi connectivity index (χ0) is 11.7. The zero-order valence-corrected chi connectivity index (χ0v) is 10.6. The van der Waals surface area contributed by atoms with Gasteiger partial charge in [0, 0.05) is 18.3 Å². The van der Waals surface area contributed by atoms with E-state index in [1.54, 1.807) is 11.0 Å². The van der Waals surface area contributed by atoms with Gasteiger partial charge in [0.2, 0.25) is 5.91 Å². The molecule has 0 aliphatic carbocycles. The monoisotopic (exact) mass is 285 g/mol. The van der Waals surface area contributed by atoms with Crippen molar-refractivity contribution in [2.24, 2.45) is 5.92 Å². The summed E-state index contributed by atoms with van der Waals surface area (Å²) in [5.74, 6) is -0.0206. The molecule has 0 spiro atoms. The zero-order valence-electron chi connectivity index (χ0n) is 9.04. The van der Waals surface area contributed by atoms with Crippen LogP contribution in [0.1, 0.15) is 12.0 Å². The van der Waals surface area contributed by atoms with Crippen LogP contribution < -0.4 is 4.90 Å². The fraction of sp³-hybridized carbons (Fsp3) is 0.417. The first-order valence-corrected chi connectivity index (χ1v) is 6.37. The van der Waals surface area contributed by atoms with Crippen molar-refractivity contribution in [1.82, 2.24) is 0 Å². The Morgan fingerprint density at radius 1 is 1.56 bits per heavy atom. The second-order valence-corrected chi connectivity index (χ2v) is 4.78. The maximum atomic E-state index is 13.7. The second kappa shape index (κ2) is 4.53. The van der Waals surface area contributed by atoms with Gasteiger partial charge in [-0.2, -0.15) is 0 Å². The van der Waals surface area contributed by atoms with Crippen LogP contribution in [0.2, 0.25) is 0 Å². The van der Waals surface area contributed by atoms with Gasteiger partial charge in [-0.3, -0.25) is 4.79 Å². The second-order valence-electron chi connectivity index (χ2n) is 4.13. The molecule has 0 radical (unpaired) electrons. The maximum absolute atomic E-state index is 13.7. The number of nitrogens with zero attached hydrogens (tertiary/aromatic N) is 1. The molecule has 0 aromatic heterocycles. The Balaban J connectivity index is 2.35. The van der Waals surface area contributed by atoms with Gasteiger partial charge in [-0.25, -0.2) is 4.39 Å². The molecule has 2 nitrogen and oxygen atoms in total. The summed E-state index contributed by atoms with van der Waals surface area (Å²) in [6.07, 6.45) is 0.499. The van der Waals surface area contributed by atoms with Crippen LogP contribution in [-0.4, -0.2) is 17.8 Å². The van der Waals surface area contributed by atoms with Crippen molar-refractivity contribution in [2.45, 2.75) is 13.3 Å². The third-order valence-electron chi connectivity index (χ3n) is 2.88. The first kappa shape index (κ1) is 11.6. The molecular formula is C12H13BrFNO. The fourth-order valence-corrected chi connectivity index (χ4v) is 2.50. The minimum absolute atomic E-state index is 0.0117. The van der Waals surface area contributed by atoms with Crippen molar-refractivity contribution in [3.8, 4) is 0 Å². The Labute approximate surface area is 103 Å². The molecule has 1 saturated heterocycles. The molecule has 86 valence electrons. The lowest BCUT2D eigenvalue weighted by molar-refractivity contribution is -0.117. The van der Waals surface area contributed by atoms with Crippen LogP contribution in [0.25, 0.3) is 0 Å². The molecule has 1 heterocycles. The van der Waals surface area contributed by atoms with E-state index in [0.29, 0.717) is 18.7 Å². The summed E-state index contributed by atoms with van der Waals surface area (Å²) < 4.78 is 13.7. The number of halogens is 2. The van der Waals surface area contributed by atoms with Crippen molar-refractivity contribution in [1.29, 1.82) is 0 Å². The van der Waals surface area contributed by atoms with E-state index in [2.05, 4.69) is 15.9 Å². The van der Waals surface area contributed by atoms with Crippen molar-refractivity contribution in [3.63, 3.8) is 0 Å². The first-order valence-electron chi connectivity index (χ1n) is 5.25. The molecule has 1 aromatic rings. The molecule has 1 fully saturated rings. The number of benzene rings is 1. The number of hydrogen-bond acceptors (Lipinski definition) is 1. The van der Waals surface area contributed by atoms with Crippen LogP contribution >= 0.6 is 15.9 Å². The number of carbonyl (C=O) groups is 1. The number of alkyl halides is 1. The molecule has 1 aromatic carbocycles. The summed E-state index contributed by atoms with van der Waals surface area (Å²) in [6, 6.07) is 4.89. The predicted octanol–water partition coefficient (Wildman–Crippen LogP) is 2.88. The number of aryl methyl sites for hydroxylation is 1.